The van der Waals surface area contributed by atoms with Gasteiger partial charge in [-0.25, -0.2) is 13.4 Å². The molecule has 0 unspecified atom stereocenters. The van der Waals surface area contributed by atoms with E-state index in [4.69, 9.17) is 16.3 Å². The van der Waals surface area contributed by atoms with Gasteiger partial charge < -0.3 is 4.74 Å². The van der Waals surface area contributed by atoms with Crippen LogP contribution in [-0.4, -0.2) is 20.5 Å². The van der Waals surface area contributed by atoms with Crippen LogP contribution >= 0.6 is 27.5 Å². The van der Waals surface area contributed by atoms with Crippen molar-refractivity contribution in [2.24, 2.45) is 0 Å². The van der Waals surface area contributed by atoms with Crippen molar-refractivity contribution in [1.29, 1.82) is 0 Å². The number of aromatic nitrogens is 1. The lowest BCUT2D eigenvalue weighted by Crippen LogP contribution is -2.15. The van der Waals surface area contributed by atoms with Crippen LogP contribution in [0.1, 0.15) is 5.56 Å². The zero-order valence-electron chi connectivity index (χ0n) is 11.0. The van der Waals surface area contributed by atoms with Gasteiger partial charge in [-0.3, -0.25) is 4.72 Å². The molecule has 0 fully saturated rings. The Morgan fingerprint density at radius 1 is 1.33 bits per heavy atom. The van der Waals surface area contributed by atoms with Gasteiger partial charge in [0.05, 0.1) is 12.3 Å². The van der Waals surface area contributed by atoms with Gasteiger partial charge in [0.2, 0.25) is 0 Å². The van der Waals surface area contributed by atoms with Gasteiger partial charge in [-0.1, -0.05) is 33.6 Å². The smallest absolute Gasteiger partial charge is 0.264 e. The average Bonchev–Trinajstić information content (AvgIpc) is 2.43. The van der Waals surface area contributed by atoms with Crippen molar-refractivity contribution in [3.63, 3.8) is 0 Å². The van der Waals surface area contributed by atoms with Crippen molar-refractivity contribution in [2.75, 3.05) is 11.8 Å². The van der Waals surface area contributed by atoms with Gasteiger partial charge in [0.15, 0.2) is 0 Å². The van der Waals surface area contributed by atoms with Crippen molar-refractivity contribution in [3.05, 3.63) is 51.7 Å². The lowest BCUT2D eigenvalue weighted by atomic mass is 10.2. The van der Waals surface area contributed by atoms with Gasteiger partial charge in [-0.2, -0.15) is 0 Å². The molecule has 0 amide bonds. The van der Waals surface area contributed by atoms with E-state index >= 15 is 0 Å². The molecule has 2 rings (SSSR count). The maximum atomic E-state index is 12.4. The van der Waals surface area contributed by atoms with Gasteiger partial charge in [0, 0.05) is 23.3 Å². The van der Waals surface area contributed by atoms with E-state index in [1.807, 2.05) is 6.07 Å². The van der Waals surface area contributed by atoms with Crippen LogP contribution in [0.2, 0.25) is 5.15 Å². The van der Waals surface area contributed by atoms with E-state index < -0.39 is 10.0 Å². The zero-order chi connectivity index (χ0) is 15.5. The number of rotatable bonds is 5. The number of halogens is 2. The molecule has 0 aliphatic heterocycles. The van der Waals surface area contributed by atoms with Gasteiger partial charge in [-0.15, -0.1) is 0 Å². The average molecular weight is 392 g/mol. The summed E-state index contributed by atoms with van der Waals surface area (Å²) in [4.78, 5) is 3.70. The second kappa shape index (κ2) is 6.74. The Balaban J connectivity index is 2.42. The number of hydrogen-bond acceptors (Lipinski definition) is 4. The van der Waals surface area contributed by atoms with Crippen LogP contribution in [-0.2, 0) is 21.4 Å². The molecule has 2 aromatic rings. The van der Waals surface area contributed by atoms with Crippen molar-refractivity contribution in [3.8, 4) is 0 Å². The summed E-state index contributed by atoms with van der Waals surface area (Å²) in [6.07, 6.45) is 1.43. The highest BCUT2D eigenvalue weighted by molar-refractivity contribution is 9.10. The summed E-state index contributed by atoms with van der Waals surface area (Å²) in [5, 5.41) is -0.0757. The summed E-state index contributed by atoms with van der Waals surface area (Å²) >= 11 is 9.22. The lowest BCUT2D eigenvalue weighted by molar-refractivity contribution is 0.185. The van der Waals surface area contributed by atoms with E-state index in [2.05, 4.69) is 25.6 Å². The first-order chi connectivity index (χ1) is 9.95. The third-order valence-electron chi connectivity index (χ3n) is 2.67. The summed E-state index contributed by atoms with van der Waals surface area (Å²) in [7, 11) is -2.29. The molecule has 8 heteroatoms. The SMILES string of the molecule is COCc1c(Br)cccc1NS(=O)(=O)c1cccnc1Cl. The second-order valence-electron chi connectivity index (χ2n) is 4.10. The topological polar surface area (TPSA) is 68.3 Å². The summed E-state index contributed by atoms with van der Waals surface area (Å²) in [5.41, 5.74) is 1.12. The molecule has 0 bridgehead atoms. The molecule has 0 saturated heterocycles. The monoisotopic (exact) mass is 390 g/mol. The van der Waals surface area contributed by atoms with E-state index in [0.717, 1.165) is 4.47 Å². The third kappa shape index (κ3) is 3.74. The molecule has 1 aromatic heterocycles. The zero-order valence-corrected chi connectivity index (χ0v) is 14.2. The van der Waals surface area contributed by atoms with Crippen LogP contribution in [0.15, 0.2) is 45.9 Å². The predicted octanol–water partition coefficient (Wildman–Crippen LogP) is 3.44. The number of benzene rings is 1. The number of nitrogens with zero attached hydrogens (tertiary/aromatic N) is 1. The molecule has 1 heterocycles. The molecule has 0 aliphatic carbocycles. The molecule has 5 nitrogen and oxygen atoms in total. The number of hydrogen-bond donors (Lipinski definition) is 1. The fourth-order valence-corrected chi connectivity index (χ4v) is 3.74. The molecule has 0 aliphatic rings. The Morgan fingerprint density at radius 3 is 2.76 bits per heavy atom. The van der Waals surface area contributed by atoms with Gasteiger partial charge in [0.25, 0.3) is 10.0 Å². The van der Waals surface area contributed by atoms with Crippen LogP contribution < -0.4 is 4.72 Å². The Labute approximate surface area is 136 Å². The predicted molar refractivity (Wildman–Crippen MR) is 84.9 cm³/mol. The van der Waals surface area contributed by atoms with E-state index in [1.54, 1.807) is 12.1 Å². The minimum Gasteiger partial charge on any atom is -0.380 e. The number of pyridine rings is 1. The molecule has 0 saturated carbocycles. The first kappa shape index (κ1) is 16.2. The molecule has 1 N–H and O–H groups in total. The van der Waals surface area contributed by atoms with Crippen molar-refractivity contribution >= 4 is 43.2 Å². The first-order valence-electron chi connectivity index (χ1n) is 5.85. The highest BCUT2D eigenvalue weighted by atomic mass is 79.9. The standard InChI is InChI=1S/C13H12BrClN2O3S/c1-20-8-9-10(14)4-2-5-11(9)17-21(18,19)12-6-3-7-16-13(12)15/h2-7,17H,8H2,1H3. The van der Waals surface area contributed by atoms with Gasteiger partial charge in [-0.05, 0) is 24.3 Å². The van der Waals surface area contributed by atoms with Crippen molar-refractivity contribution < 1.29 is 13.2 Å². The Kier molecular flexibility index (Phi) is 5.21. The molecule has 112 valence electrons. The molecular weight excluding hydrogens is 380 g/mol. The second-order valence-corrected chi connectivity index (χ2v) is 6.96. The number of nitrogens with one attached hydrogen (secondary N) is 1. The first-order valence-corrected chi connectivity index (χ1v) is 8.51. The Hall–Kier alpha value is -1.15. The van der Waals surface area contributed by atoms with Gasteiger partial charge in [0.1, 0.15) is 10.0 Å². The fourth-order valence-electron chi connectivity index (χ4n) is 1.72. The van der Waals surface area contributed by atoms with Crippen LogP contribution in [0.25, 0.3) is 0 Å². The van der Waals surface area contributed by atoms with Crippen LogP contribution in [0, 0.1) is 0 Å². The summed E-state index contributed by atoms with van der Waals surface area (Å²) < 4.78 is 33.1. The summed E-state index contributed by atoms with van der Waals surface area (Å²) in [5.74, 6) is 0. The van der Waals surface area contributed by atoms with E-state index in [-0.39, 0.29) is 16.7 Å². The lowest BCUT2D eigenvalue weighted by Gasteiger charge is -2.14. The number of sulfonamides is 1. The molecule has 21 heavy (non-hydrogen) atoms. The quantitative estimate of drug-likeness (QED) is 0.793. The molecule has 0 radical (unpaired) electrons. The normalized spacial score (nSPS) is 11.4. The largest absolute Gasteiger partial charge is 0.380 e. The Morgan fingerprint density at radius 2 is 2.10 bits per heavy atom. The Bertz CT molecular complexity index is 753. The molecule has 1 aromatic carbocycles. The van der Waals surface area contributed by atoms with Crippen molar-refractivity contribution in [1.82, 2.24) is 4.98 Å². The minimum atomic E-state index is -3.82. The fraction of sp³-hybridized carbons (Fsp3) is 0.154. The summed E-state index contributed by atoms with van der Waals surface area (Å²) in [6.45, 7) is 0.264. The van der Waals surface area contributed by atoms with E-state index in [0.29, 0.717) is 11.3 Å². The van der Waals surface area contributed by atoms with Crippen LogP contribution in [0.4, 0.5) is 5.69 Å². The maximum Gasteiger partial charge on any atom is 0.264 e. The van der Waals surface area contributed by atoms with E-state index in [1.165, 1.54) is 25.4 Å². The number of anilines is 1. The molecular formula is C13H12BrClN2O3S. The van der Waals surface area contributed by atoms with Gasteiger partial charge >= 0.3 is 0 Å². The van der Waals surface area contributed by atoms with Crippen LogP contribution in [0.5, 0.6) is 0 Å². The number of methoxy groups -OCH3 is 1. The maximum absolute atomic E-state index is 12.4. The van der Waals surface area contributed by atoms with E-state index in [9.17, 15) is 8.42 Å². The molecule has 0 atom stereocenters. The summed E-state index contributed by atoms with van der Waals surface area (Å²) in [6, 6.07) is 8.10. The third-order valence-corrected chi connectivity index (χ3v) is 5.22. The minimum absolute atomic E-state index is 0.0741. The number of ether oxygens (including phenoxy) is 1. The van der Waals surface area contributed by atoms with Crippen molar-refractivity contribution in [2.45, 2.75) is 11.5 Å². The highest BCUT2D eigenvalue weighted by Crippen LogP contribution is 2.28. The molecule has 0 spiro atoms. The van der Waals surface area contributed by atoms with Crippen LogP contribution in [0.3, 0.4) is 0 Å². The highest BCUT2D eigenvalue weighted by Gasteiger charge is 2.20.